The Kier molecular flexibility index (Phi) is 8.33. The standard InChI is InChI=1S/C13H28O7P2S/c1-9(2)19-22(16,23)20-13-11(6-7-21(14,15)18-5)8-10(3)12(13)17-4/h9-13H,6-8H2,1-5H3,(H,14,15)(H,16,23)/t10?,11-,12-,13+,22?/m0/s1. The highest BCUT2D eigenvalue weighted by Crippen LogP contribution is 2.52. The molecule has 0 aromatic heterocycles. The van der Waals surface area contributed by atoms with Crippen molar-refractivity contribution in [1.82, 2.24) is 0 Å². The van der Waals surface area contributed by atoms with E-state index in [1.807, 2.05) is 6.92 Å². The van der Waals surface area contributed by atoms with Crippen molar-refractivity contribution in [3.8, 4) is 0 Å². The van der Waals surface area contributed by atoms with Crippen LogP contribution in [0.25, 0.3) is 0 Å². The summed E-state index contributed by atoms with van der Waals surface area (Å²) >= 11 is 5.07. The molecular formula is C13H28O7P2S. The van der Waals surface area contributed by atoms with Gasteiger partial charge >= 0.3 is 14.3 Å². The Hall–Kier alpha value is 0.640. The molecule has 10 heteroatoms. The van der Waals surface area contributed by atoms with Crippen molar-refractivity contribution < 1.29 is 32.7 Å². The number of rotatable bonds is 9. The average Bonchev–Trinajstić information content (AvgIpc) is 2.70. The van der Waals surface area contributed by atoms with Gasteiger partial charge in [-0.2, -0.15) is 0 Å². The number of hydrogen-bond donors (Lipinski definition) is 2. The first-order valence-electron chi connectivity index (χ1n) is 7.61. The molecule has 7 nitrogen and oxygen atoms in total. The molecule has 0 bridgehead atoms. The highest BCUT2D eigenvalue weighted by atomic mass is 32.5. The molecule has 0 spiro atoms. The largest absolute Gasteiger partial charge is 0.378 e. The van der Waals surface area contributed by atoms with Gasteiger partial charge in [0.1, 0.15) is 0 Å². The van der Waals surface area contributed by atoms with E-state index in [1.165, 1.54) is 7.11 Å². The van der Waals surface area contributed by atoms with Gasteiger partial charge in [-0.05, 0) is 50.3 Å². The first kappa shape index (κ1) is 21.7. The summed E-state index contributed by atoms with van der Waals surface area (Å²) in [5.74, 6) is 0.125. The topological polar surface area (TPSA) is 94.5 Å². The maximum absolute atomic E-state index is 11.7. The molecule has 0 amide bonds. The summed E-state index contributed by atoms with van der Waals surface area (Å²) in [6, 6.07) is 0. The van der Waals surface area contributed by atoms with Gasteiger partial charge in [0.2, 0.25) is 0 Å². The summed E-state index contributed by atoms with van der Waals surface area (Å²) in [5, 5.41) is 0. The van der Waals surface area contributed by atoms with Crippen LogP contribution in [0.3, 0.4) is 0 Å². The van der Waals surface area contributed by atoms with Gasteiger partial charge in [-0.15, -0.1) is 0 Å². The van der Waals surface area contributed by atoms with Gasteiger partial charge in [0.25, 0.3) is 0 Å². The molecule has 1 saturated carbocycles. The molecule has 3 unspecified atom stereocenters. The van der Waals surface area contributed by atoms with E-state index in [9.17, 15) is 14.4 Å². The van der Waals surface area contributed by atoms with Crippen LogP contribution in [0.5, 0.6) is 0 Å². The minimum absolute atomic E-state index is 0.0243. The second-order valence-electron chi connectivity index (χ2n) is 6.20. The SMILES string of the molecule is CO[C@H]1C(C)C[C@H](CCP(=O)(O)OC)[C@H]1OP(O)(=S)OC(C)C. The van der Waals surface area contributed by atoms with Crippen LogP contribution in [0.15, 0.2) is 0 Å². The Balaban J connectivity index is 2.83. The lowest BCUT2D eigenvalue weighted by atomic mass is 10.0. The molecule has 0 aliphatic heterocycles. The van der Waals surface area contributed by atoms with Gasteiger partial charge in [-0.25, -0.2) is 0 Å². The van der Waals surface area contributed by atoms with Crippen LogP contribution in [-0.2, 0) is 34.7 Å². The molecule has 0 radical (unpaired) electrons. The van der Waals surface area contributed by atoms with E-state index in [-0.39, 0.29) is 30.2 Å². The molecule has 0 heterocycles. The zero-order valence-corrected chi connectivity index (χ0v) is 16.9. The van der Waals surface area contributed by atoms with Crippen molar-refractivity contribution in [3.05, 3.63) is 0 Å². The third-order valence-corrected chi connectivity index (χ3v) is 7.07. The van der Waals surface area contributed by atoms with Crippen LogP contribution in [0.1, 0.15) is 33.6 Å². The summed E-state index contributed by atoms with van der Waals surface area (Å²) < 4.78 is 32.8. The zero-order chi connectivity index (χ0) is 17.8. The Morgan fingerprint density at radius 2 is 1.87 bits per heavy atom. The minimum Gasteiger partial charge on any atom is -0.378 e. The summed E-state index contributed by atoms with van der Waals surface area (Å²) in [5.41, 5.74) is 0. The quantitative estimate of drug-likeness (QED) is 0.581. The van der Waals surface area contributed by atoms with Crippen molar-refractivity contribution in [1.29, 1.82) is 0 Å². The molecule has 1 fully saturated rings. The van der Waals surface area contributed by atoms with Crippen LogP contribution in [-0.4, -0.2) is 48.5 Å². The summed E-state index contributed by atoms with van der Waals surface area (Å²) in [4.78, 5) is 19.8. The Morgan fingerprint density at radius 3 is 2.35 bits per heavy atom. The van der Waals surface area contributed by atoms with Crippen LogP contribution >= 0.6 is 14.3 Å². The summed E-state index contributed by atoms with van der Waals surface area (Å²) in [7, 11) is -0.785. The molecule has 6 atom stereocenters. The normalized spacial score (nSPS) is 33.6. The van der Waals surface area contributed by atoms with Gasteiger partial charge in [0, 0.05) is 14.2 Å². The first-order chi connectivity index (χ1) is 10.5. The van der Waals surface area contributed by atoms with Gasteiger partial charge < -0.3 is 28.1 Å². The summed E-state index contributed by atoms with van der Waals surface area (Å²) in [6.07, 6.45) is 0.232. The van der Waals surface area contributed by atoms with E-state index >= 15 is 0 Å². The second-order valence-corrected chi connectivity index (χ2v) is 11.0. The van der Waals surface area contributed by atoms with Gasteiger partial charge in [-0.1, -0.05) is 6.92 Å². The average molecular weight is 390 g/mol. The predicted molar refractivity (Wildman–Crippen MR) is 92.0 cm³/mol. The smallest absolute Gasteiger partial charge is 0.327 e. The van der Waals surface area contributed by atoms with E-state index < -0.39 is 20.4 Å². The fraction of sp³-hybridized carbons (Fsp3) is 1.00. The van der Waals surface area contributed by atoms with Gasteiger partial charge in [0.15, 0.2) is 0 Å². The molecule has 2 N–H and O–H groups in total. The minimum atomic E-state index is -3.58. The zero-order valence-electron chi connectivity index (χ0n) is 14.2. The number of hydrogen-bond acceptors (Lipinski definition) is 6. The molecule has 0 aromatic carbocycles. The Labute approximate surface area is 143 Å². The van der Waals surface area contributed by atoms with Gasteiger partial charge in [0.05, 0.1) is 24.5 Å². The molecule has 1 rings (SSSR count). The van der Waals surface area contributed by atoms with E-state index in [0.717, 1.165) is 6.42 Å². The molecular weight excluding hydrogens is 362 g/mol. The maximum Gasteiger partial charge on any atom is 0.327 e. The molecule has 138 valence electrons. The molecule has 23 heavy (non-hydrogen) atoms. The highest BCUT2D eigenvalue weighted by Gasteiger charge is 2.45. The fourth-order valence-electron chi connectivity index (χ4n) is 3.00. The van der Waals surface area contributed by atoms with E-state index in [2.05, 4.69) is 4.52 Å². The monoisotopic (exact) mass is 390 g/mol. The Bertz CT molecular complexity index is 473. The van der Waals surface area contributed by atoms with E-state index in [1.54, 1.807) is 21.0 Å². The van der Waals surface area contributed by atoms with Crippen LogP contribution in [0, 0.1) is 11.8 Å². The van der Waals surface area contributed by atoms with Crippen molar-refractivity contribution in [2.24, 2.45) is 11.8 Å². The molecule has 1 aliphatic rings. The highest BCUT2D eigenvalue weighted by molar-refractivity contribution is 8.07. The fourth-order valence-corrected chi connectivity index (χ4v) is 5.84. The third-order valence-electron chi connectivity index (χ3n) is 3.96. The van der Waals surface area contributed by atoms with E-state index in [0.29, 0.717) is 6.42 Å². The van der Waals surface area contributed by atoms with Crippen molar-refractivity contribution in [2.75, 3.05) is 20.4 Å². The van der Waals surface area contributed by atoms with Crippen LogP contribution < -0.4 is 0 Å². The van der Waals surface area contributed by atoms with Crippen LogP contribution in [0.2, 0.25) is 0 Å². The second kappa shape index (κ2) is 8.84. The van der Waals surface area contributed by atoms with Crippen molar-refractivity contribution in [2.45, 2.75) is 51.9 Å². The van der Waals surface area contributed by atoms with E-state index in [4.69, 9.17) is 25.6 Å². The van der Waals surface area contributed by atoms with Crippen molar-refractivity contribution >= 4 is 26.1 Å². The van der Waals surface area contributed by atoms with Gasteiger partial charge in [-0.3, -0.25) is 4.57 Å². The predicted octanol–water partition coefficient (Wildman–Crippen LogP) is 2.91. The van der Waals surface area contributed by atoms with Crippen molar-refractivity contribution in [3.63, 3.8) is 0 Å². The summed E-state index contributed by atoms with van der Waals surface area (Å²) in [6.45, 7) is 2.16. The lowest BCUT2D eigenvalue weighted by Crippen LogP contribution is -2.32. The third kappa shape index (κ3) is 6.81. The number of ether oxygens (including phenoxy) is 1. The first-order valence-corrected chi connectivity index (χ1v) is 12.0. The maximum atomic E-state index is 11.7. The molecule has 0 aromatic rings. The lowest BCUT2D eigenvalue weighted by Gasteiger charge is -2.29. The molecule has 1 aliphatic carbocycles. The van der Waals surface area contributed by atoms with Crippen LogP contribution in [0.4, 0.5) is 0 Å². The lowest BCUT2D eigenvalue weighted by molar-refractivity contribution is -0.0202. The molecule has 0 saturated heterocycles. The number of methoxy groups -OCH3 is 1. The Morgan fingerprint density at radius 1 is 1.26 bits per heavy atom.